The van der Waals surface area contributed by atoms with Crippen LogP contribution in [0.15, 0.2) is 29.2 Å². The van der Waals surface area contributed by atoms with Crippen molar-refractivity contribution < 1.29 is 8.42 Å². The molecule has 0 bridgehead atoms. The summed E-state index contributed by atoms with van der Waals surface area (Å²) in [5, 5.41) is 0. The van der Waals surface area contributed by atoms with Gasteiger partial charge in [0.05, 0.1) is 4.90 Å². The SMILES string of the molecule is CC.CC.Cc1ccc(S(=O)(=O)N2CCN(C(C)C)CC2)cc1. The summed E-state index contributed by atoms with van der Waals surface area (Å²) in [5.74, 6) is 0. The first-order valence-corrected chi connectivity index (χ1v) is 10.2. The number of sulfonamides is 1. The molecule has 134 valence electrons. The minimum absolute atomic E-state index is 0.399. The van der Waals surface area contributed by atoms with Gasteiger partial charge in [-0.25, -0.2) is 8.42 Å². The molecule has 23 heavy (non-hydrogen) atoms. The molecule has 0 spiro atoms. The van der Waals surface area contributed by atoms with Crippen LogP contribution in [-0.4, -0.2) is 49.8 Å². The highest BCUT2D eigenvalue weighted by Crippen LogP contribution is 2.18. The predicted molar refractivity (Wildman–Crippen MR) is 99.3 cm³/mol. The Hall–Kier alpha value is -0.910. The molecule has 1 fully saturated rings. The Kier molecular flexibility index (Phi) is 10.4. The molecule has 0 unspecified atom stereocenters. The van der Waals surface area contributed by atoms with E-state index < -0.39 is 10.0 Å². The van der Waals surface area contributed by atoms with Crippen molar-refractivity contribution in [2.75, 3.05) is 26.2 Å². The zero-order valence-electron chi connectivity index (χ0n) is 15.8. The summed E-state index contributed by atoms with van der Waals surface area (Å²) in [6.07, 6.45) is 0. The monoisotopic (exact) mass is 342 g/mol. The van der Waals surface area contributed by atoms with Crippen molar-refractivity contribution in [1.29, 1.82) is 0 Å². The molecule has 0 saturated carbocycles. The topological polar surface area (TPSA) is 40.6 Å². The van der Waals surface area contributed by atoms with Crippen LogP contribution >= 0.6 is 0 Å². The number of hydrogen-bond donors (Lipinski definition) is 0. The van der Waals surface area contributed by atoms with Gasteiger partial charge in [0, 0.05) is 32.2 Å². The maximum Gasteiger partial charge on any atom is 0.243 e. The molecule has 0 radical (unpaired) electrons. The molecule has 0 atom stereocenters. The number of piperazine rings is 1. The quantitative estimate of drug-likeness (QED) is 0.840. The molecule has 1 heterocycles. The molecule has 1 aliphatic heterocycles. The molecule has 1 aromatic carbocycles. The van der Waals surface area contributed by atoms with Crippen LogP contribution in [0.2, 0.25) is 0 Å². The van der Waals surface area contributed by atoms with E-state index in [0.29, 0.717) is 24.0 Å². The lowest BCUT2D eigenvalue weighted by Gasteiger charge is -2.36. The van der Waals surface area contributed by atoms with Gasteiger partial charge in [0.15, 0.2) is 0 Å². The molecule has 0 amide bonds. The van der Waals surface area contributed by atoms with E-state index in [4.69, 9.17) is 0 Å². The molecule has 2 rings (SSSR count). The lowest BCUT2D eigenvalue weighted by Crippen LogP contribution is -2.50. The summed E-state index contributed by atoms with van der Waals surface area (Å²) >= 11 is 0. The number of rotatable bonds is 3. The second-order valence-corrected chi connectivity index (χ2v) is 7.28. The molecular formula is C18H34N2O2S. The van der Waals surface area contributed by atoms with Gasteiger partial charge in [-0.1, -0.05) is 45.4 Å². The van der Waals surface area contributed by atoms with Crippen LogP contribution in [0.4, 0.5) is 0 Å². The smallest absolute Gasteiger partial charge is 0.243 e. The maximum absolute atomic E-state index is 12.5. The van der Waals surface area contributed by atoms with Gasteiger partial charge in [-0.2, -0.15) is 4.31 Å². The number of benzene rings is 1. The van der Waals surface area contributed by atoms with E-state index in [1.54, 1.807) is 16.4 Å². The molecule has 4 nitrogen and oxygen atoms in total. The van der Waals surface area contributed by atoms with Crippen LogP contribution in [0, 0.1) is 6.92 Å². The van der Waals surface area contributed by atoms with Crippen molar-refractivity contribution in [2.24, 2.45) is 0 Å². The zero-order valence-corrected chi connectivity index (χ0v) is 16.7. The predicted octanol–water partition coefficient (Wildman–Crippen LogP) is 3.76. The average molecular weight is 343 g/mol. The van der Waals surface area contributed by atoms with Gasteiger partial charge < -0.3 is 0 Å². The van der Waals surface area contributed by atoms with Crippen molar-refractivity contribution in [3.63, 3.8) is 0 Å². The first kappa shape index (κ1) is 22.1. The Morgan fingerprint density at radius 1 is 0.870 bits per heavy atom. The van der Waals surface area contributed by atoms with Crippen molar-refractivity contribution >= 4 is 10.0 Å². The fourth-order valence-corrected chi connectivity index (χ4v) is 3.74. The van der Waals surface area contributed by atoms with E-state index in [0.717, 1.165) is 18.7 Å². The van der Waals surface area contributed by atoms with E-state index in [1.165, 1.54) is 0 Å². The summed E-state index contributed by atoms with van der Waals surface area (Å²) in [5.41, 5.74) is 1.07. The van der Waals surface area contributed by atoms with Crippen molar-refractivity contribution in [2.45, 2.75) is 59.4 Å². The van der Waals surface area contributed by atoms with Crippen LogP contribution in [0.25, 0.3) is 0 Å². The summed E-state index contributed by atoms with van der Waals surface area (Å²) in [7, 11) is -3.32. The van der Waals surface area contributed by atoms with Crippen LogP contribution in [0.3, 0.4) is 0 Å². The van der Waals surface area contributed by atoms with E-state index in [2.05, 4.69) is 18.7 Å². The molecule has 0 aliphatic carbocycles. The molecule has 0 aromatic heterocycles. The molecule has 1 aliphatic rings. The standard InChI is InChI=1S/C14H22N2O2S.2C2H6/c1-12(2)15-8-10-16(11-9-15)19(17,18)14-6-4-13(3)5-7-14;2*1-2/h4-7,12H,8-11H2,1-3H3;2*1-2H3. The van der Waals surface area contributed by atoms with Gasteiger partial charge in [0.25, 0.3) is 0 Å². The van der Waals surface area contributed by atoms with Crippen molar-refractivity contribution in [3.8, 4) is 0 Å². The second kappa shape index (κ2) is 10.8. The van der Waals surface area contributed by atoms with Crippen molar-refractivity contribution in [3.05, 3.63) is 29.8 Å². The largest absolute Gasteiger partial charge is 0.298 e. The second-order valence-electron chi connectivity index (χ2n) is 5.35. The maximum atomic E-state index is 12.5. The first-order valence-electron chi connectivity index (χ1n) is 8.72. The fraction of sp³-hybridized carbons (Fsp3) is 0.667. The highest BCUT2D eigenvalue weighted by molar-refractivity contribution is 7.89. The molecule has 1 saturated heterocycles. The summed E-state index contributed by atoms with van der Waals surface area (Å²) in [6.45, 7) is 17.0. The molecule has 0 N–H and O–H groups in total. The number of aryl methyl sites for hydroxylation is 1. The third kappa shape index (κ3) is 6.24. The van der Waals surface area contributed by atoms with E-state index in [1.807, 2.05) is 46.8 Å². The van der Waals surface area contributed by atoms with Gasteiger partial charge in [-0.15, -0.1) is 0 Å². The lowest BCUT2D eigenvalue weighted by molar-refractivity contribution is 0.154. The minimum atomic E-state index is -3.32. The van der Waals surface area contributed by atoms with E-state index >= 15 is 0 Å². The summed E-state index contributed by atoms with van der Waals surface area (Å²) in [6, 6.07) is 7.55. The Bertz CT molecular complexity index is 516. The zero-order chi connectivity index (χ0) is 18.0. The van der Waals surface area contributed by atoms with Gasteiger partial charge in [-0.3, -0.25) is 4.90 Å². The summed E-state index contributed by atoms with van der Waals surface area (Å²) in [4.78, 5) is 2.71. The fourth-order valence-electron chi connectivity index (χ4n) is 2.32. The van der Waals surface area contributed by atoms with Gasteiger partial charge in [-0.05, 0) is 32.9 Å². The van der Waals surface area contributed by atoms with Crippen LogP contribution in [0.1, 0.15) is 47.1 Å². The molecular weight excluding hydrogens is 308 g/mol. The van der Waals surface area contributed by atoms with Crippen molar-refractivity contribution in [1.82, 2.24) is 9.21 Å². The lowest BCUT2D eigenvalue weighted by atomic mass is 10.2. The highest BCUT2D eigenvalue weighted by Gasteiger charge is 2.28. The Labute approximate surface area is 143 Å². The molecule has 1 aromatic rings. The van der Waals surface area contributed by atoms with Gasteiger partial charge >= 0.3 is 0 Å². The van der Waals surface area contributed by atoms with Gasteiger partial charge in [0.2, 0.25) is 10.0 Å². The highest BCUT2D eigenvalue weighted by atomic mass is 32.2. The Morgan fingerprint density at radius 3 is 1.70 bits per heavy atom. The third-order valence-corrected chi connectivity index (χ3v) is 5.58. The number of nitrogens with zero attached hydrogens (tertiary/aromatic N) is 2. The minimum Gasteiger partial charge on any atom is -0.298 e. The number of hydrogen-bond acceptors (Lipinski definition) is 3. The average Bonchev–Trinajstić information content (AvgIpc) is 2.59. The van der Waals surface area contributed by atoms with Crippen LogP contribution in [-0.2, 0) is 10.0 Å². The normalized spacial score (nSPS) is 16.2. The Balaban J connectivity index is 0.00000112. The first-order chi connectivity index (χ1) is 10.9. The van der Waals surface area contributed by atoms with E-state index in [9.17, 15) is 8.42 Å². The summed E-state index contributed by atoms with van der Waals surface area (Å²) < 4.78 is 26.6. The van der Waals surface area contributed by atoms with Crippen LogP contribution < -0.4 is 0 Å². The van der Waals surface area contributed by atoms with Crippen LogP contribution in [0.5, 0.6) is 0 Å². The Morgan fingerprint density at radius 2 is 1.30 bits per heavy atom. The van der Waals surface area contributed by atoms with Gasteiger partial charge in [0.1, 0.15) is 0 Å². The third-order valence-electron chi connectivity index (χ3n) is 3.66. The molecule has 5 heteroatoms. The van der Waals surface area contributed by atoms with E-state index in [-0.39, 0.29) is 0 Å².